The van der Waals surface area contributed by atoms with Crippen LogP contribution in [0.1, 0.15) is 6.92 Å². The molecule has 0 fully saturated rings. The van der Waals surface area contributed by atoms with E-state index in [4.69, 9.17) is 5.11 Å². The number of rotatable bonds is 4. The van der Waals surface area contributed by atoms with E-state index < -0.39 is 0 Å². The van der Waals surface area contributed by atoms with Gasteiger partial charge in [-0.05, 0) is 23.9 Å². The molecule has 0 bridgehead atoms. The van der Waals surface area contributed by atoms with Crippen molar-refractivity contribution in [2.45, 2.75) is 6.92 Å². The van der Waals surface area contributed by atoms with Crippen molar-refractivity contribution in [1.29, 1.82) is 0 Å². The Morgan fingerprint density at radius 2 is 2.10 bits per heavy atom. The molecule has 1 N–H and O–H groups in total. The molecule has 0 rings (SSSR count). The number of hydrogen-bond acceptors (Lipinski definition) is 1. The van der Waals surface area contributed by atoms with E-state index >= 15 is 0 Å². The second-order valence-electron chi connectivity index (χ2n) is 1.94. The summed E-state index contributed by atoms with van der Waals surface area (Å²) in [6, 6.07) is 0. The van der Waals surface area contributed by atoms with E-state index in [0.717, 1.165) is 11.5 Å². The molecule has 1 nitrogen and oxygen atoms in total. The molecule has 1 unspecified atom stereocenters. The summed E-state index contributed by atoms with van der Waals surface area (Å²) in [4.78, 5) is 0. The van der Waals surface area contributed by atoms with E-state index in [1.165, 1.54) is 0 Å². The number of aliphatic hydroxyl groups excluding tert-OH is 1. The van der Waals surface area contributed by atoms with Crippen LogP contribution in [0.15, 0.2) is 12.2 Å². The SMILES string of the molecule is C/C=C/C[S+](C)CCO.[Br-]. The van der Waals surface area contributed by atoms with Crippen LogP contribution in [-0.2, 0) is 10.9 Å². The topological polar surface area (TPSA) is 20.2 Å². The van der Waals surface area contributed by atoms with Gasteiger partial charge < -0.3 is 22.1 Å². The average molecular weight is 227 g/mol. The molecule has 1 atom stereocenters. The molecular formula is C7H15BrOS. The minimum atomic E-state index is 0. The molecule has 0 saturated heterocycles. The maximum absolute atomic E-state index is 8.52. The first-order chi connectivity index (χ1) is 4.31. The monoisotopic (exact) mass is 226 g/mol. The third-order valence-electron chi connectivity index (χ3n) is 1.06. The summed E-state index contributed by atoms with van der Waals surface area (Å²) in [6.07, 6.45) is 6.38. The first-order valence-corrected chi connectivity index (χ1v) is 5.09. The van der Waals surface area contributed by atoms with Gasteiger partial charge in [0.05, 0.1) is 12.9 Å². The normalized spacial score (nSPS) is 13.1. The van der Waals surface area contributed by atoms with Crippen LogP contribution < -0.4 is 17.0 Å². The molecule has 0 aromatic rings. The van der Waals surface area contributed by atoms with Gasteiger partial charge in [0.15, 0.2) is 0 Å². The lowest BCUT2D eigenvalue weighted by Crippen LogP contribution is -3.00. The highest BCUT2D eigenvalue weighted by Gasteiger charge is 2.04. The van der Waals surface area contributed by atoms with Crippen molar-refractivity contribution in [1.82, 2.24) is 0 Å². The third-order valence-corrected chi connectivity index (χ3v) is 2.70. The summed E-state index contributed by atoms with van der Waals surface area (Å²) in [5, 5.41) is 8.52. The number of halogens is 1. The number of aliphatic hydroxyl groups is 1. The summed E-state index contributed by atoms with van der Waals surface area (Å²) in [6.45, 7) is 2.35. The van der Waals surface area contributed by atoms with Crippen molar-refractivity contribution < 1.29 is 22.1 Å². The van der Waals surface area contributed by atoms with Gasteiger partial charge in [-0.25, -0.2) is 0 Å². The molecule has 0 saturated carbocycles. The van der Waals surface area contributed by atoms with E-state index in [0.29, 0.717) is 17.5 Å². The Balaban J connectivity index is 0. The Morgan fingerprint density at radius 3 is 2.50 bits per heavy atom. The van der Waals surface area contributed by atoms with Gasteiger partial charge >= 0.3 is 0 Å². The quantitative estimate of drug-likeness (QED) is 0.427. The standard InChI is InChI=1S/C7H15OS.BrH/c1-3-4-6-9(2)7-5-8;/h3-4,8H,5-7H2,1-2H3;1H/q+1;/p-1/b4-3+;. The Hall–Kier alpha value is 0.530. The Labute approximate surface area is 76.6 Å². The van der Waals surface area contributed by atoms with Crippen LogP contribution in [0.5, 0.6) is 0 Å². The second kappa shape index (κ2) is 9.53. The van der Waals surface area contributed by atoms with Crippen LogP contribution in [0.3, 0.4) is 0 Å². The zero-order valence-electron chi connectivity index (χ0n) is 6.51. The fraction of sp³-hybridized carbons (Fsp3) is 0.714. The van der Waals surface area contributed by atoms with Crippen molar-refractivity contribution in [3.05, 3.63) is 12.2 Å². The van der Waals surface area contributed by atoms with E-state index in [2.05, 4.69) is 18.4 Å². The van der Waals surface area contributed by atoms with Gasteiger partial charge in [-0.3, -0.25) is 0 Å². The first kappa shape index (κ1) is 13.1. The summed E-state index contributed by atoms with van der Waals surface area (Å²) in [5.74, 6) is 2.07. The van der Waals surface area contributed by atoms with Crippen molar-refractivity contribution in [3.63, 3.8) is 0 Å². The van der Waals surface area contributed by atoms with Crippen LogP contribution in [0.4, 0.5) is 0 Å². The molecule has 3 heteroatoms. The number of allylic oxidation sites excluding steroid dienone is 1. The fourth-order valence-electron chi connectivity index (χ4n) is 0.500. The van der Waals surface area contributed by atoms with Gasteiger partial charge in [-0.2, -0.15) is 0 Å². The molecule has 0 aromatic carbocycles. The molecule has 0 spiro atoms. The number of hydrogen-bond donors (Lipinski definition) is 1. The van der Waals surface area contributed by atoms with Crippen molar-refractivity contribution in [3.8, 4) is 0 Å². The molecule has 0 radical (unpaired) electrons. The lowest BCUT2D eigenvalue weighted by atomic mass is 10.6. The van der Waals surface area contributed by atoms with Crippen molar-refractivity contribution >= 4 is 10.9 Å². The van der Waals surface area contributed by atoms with Crippen LogP contribution in [0.25, 0.3) is 0 Å². The molecule has 0 aromatic heterocycles. The van der Waals surface area contributed by atoms with Crippen molar-refractivity contribution in [2.75, 3.05) is 24.4 Å². The Kier molecular flexibility index (Phi) is 12.5. The minimum absolute atomic E-state index is 0. The Morgan fingerprint density at radius 1 is 1.50 bits per heavy atom. The minimum Gasteiger partial charge on any atom is -1.00 e. The summed E-state index contributed by atoms with van der Waals surface area (Å²) in [7, 11) is 0.393. The molecule has 0 heterocycles. The molecule has 0 aliphatic carbocycles. The lowest BCUT2D eigenvalue weighted by molar-refractivity contribution is -0.00000318. The zero-order valence-corrected chi connectivity index (χ0v) is 8.91. The Bertz CT molecular complexity index is 85.7. The van der Waals surface area contributed by atoms with Gasteiger partial charge in [0.25, 0.3) is 0 Å². The largest absolute Gasteiger partial charge is 1.00 e. The molecule has 0 aliphatic heterocycles. The molecule has 62 valence electrons. The summed E-state index contributed by atoms with van der Waals surface area (Å²) < 4.78 is 0. The highest BCUT2D eigenvalue weighted by molar-refractivity contribution is 7.96. The lowest BCUT2D eigenvalue weighted by Gasteiger charge is -1.94. The van der Waals surface area contributed by atoms with Gasteiger partial charge in [0, 0.05) is 0 Å². The van der Waals surface area contributed by atoms with E-state index in [9.17, 15) is 0 Å². The van der Waals surface area contributed by atoms with Gasteiger partial charge in [0.2, 0.25) is 0 Å². The third kappa shape index (κ3) is 8.53. The predicted octanol–water partition coefficient (Wildman–Crippen LogP) is -2.19. The first-order valence-electron chi connectivity index (χ1n) is 3.12. The average Bonchev–Trinajstić information content (AvgIpc) is 1.85. The highest BCUT2D eigenvalue weighted by atomic mass is 79.9. The van der Waals surface area contributed by atoms with Gasteiger partial charge in [-0.15, -0.1) is 0 Å². The highest BCUT2D eigenvalue weighted by Crippen LogP contribution is 1.90. The van der Waals surface area contributed by atoms with Crippen LogP contribution >= 0.6 is 0 Å². The predicted molar refractivity (Wildman–Crippen MR) is 44.9 cm³/mol. The second-order valence-corrected chi connectivity index (χ2v) is 4.25. The van der Waals surface area contributed by atoms with Gasteiger partial charge in [0.1, 0.15) is 11.5 Å². The molecule has 0 aliphatic rings. The van der Waals surface area contributed by atoms with E-state index in [-0.39, 0.29) is 17.0 Å². The molecule has 10 heavy (non-hydrogen) atoms. The zero-order chi connectivity index (χ0) is 7.11. The summed E-state index contributed by atoms with van der Waals surface area (Å²) in [5.41, 5.74) is 0. The van der Waals surface area contributed by atoms with E-state index in [1.807, 2.05) is 6.92 Å². The van der Waals surface area contributed by atoms with Crippen LogP contribution in [-0.4, -0.2) is 29.5 Å². The molecular weight excluding hydrogens is 212 g/mol. The van der Waals surface area contributed by atoms with Crippen LogP contribution in [0.2, 0.25) is 0 Å². The van der Waals surface area contributed by atoms with Gasteiger partial charge in [-0.1, -0.05) is 6.08 Å². The molecule has 0 amide bonds. The smallest absolute Gasteiger partial charge is 0.131 e. The maximum atomic E-state index is 8.52. The fourth-order valence-corrected chi connectivity index (χ4v) is 1.50. The van der Waals surface area contributed by atoms with Crippen molar-refractivity contribution in [2.24, 2.45) is 0 Å². The van der Waals surface area contributed by atoms with E-state index in [1.54, 1.807) is 0 Å². The van der Waals surface area contributed by atoms with Crippen LogP contribution in [0, 0.1) is 0 Å². The summed E-state index contributed by atoms with van der Waals surface area (Å²) >= 11 is 0. The maximum Gasteiger partial charge on any atom is 0.131 e.